The minimum absolute atomic E-state index is 0.346. The summed E-state index contributed by atoms with van der Waals surface area (Å²) in [5.74, 6) is 0.445. The Hall–Kier alpha value is -0.950. The maximum absolute atomic E-state index is 10.2. The van der Waals surface area contributed by atoms with Crippen LogP contribution in [0.25, 0.3) is 0 Å². The predicted molar refractivity (Wildman–Crippen MR) is 106 cm³/mol. The number of rotatable bonds is 6. The van der Waals surface area contributed by atoms with Gasteiger partial charge in [0, 0.05) is 57.3 Å². The van der Waals surface area contributed by atoms with Crippen molar-refractivity contribution >= 4 is 0 Å². The molecule has 1 spiro atoms. The van der Waals surface area contributed by atoms with Gasteiger partial charge < -0.3 is 14.7 Å². The third-order valence-corrected chi connectivity index (χ3v) is 7.42. The molecule has 3 saturated heterocycles. The van der Waals surface area contributed by atoms with Gasteiger partial charge >= 0.3 is 0 Å². The molecule has 1 aromatic rings. The largest absolute Gasteiger partial charge is 0.396 e. The van der Waals surface area contributed by atoms with Crippen LogP contribution in [-0.2, 0) is 11.3 Å². The van der Waals surface area contributed by atoms with Gasteiger partial charge in [0.1, 0.15) is 0 Å². The summed E-state index contributed by atoms with van der Waals surface area (Å²) >= 11 is 0. The average Bonchev–Trinajstić information content (AvgIpc) is 3.24. The van der Waals surface area contributed by atoms with Gasteiger partial charge in [0.2, 0.25) is 0 Å². The molecule has 3 fully saturated rings. The SMILES string of the molecule is OC[C@@H]1CN(C2CCOCC2)CCC12CCN(CCCn1cccn1)CC2. The number of piperidine rings is 2. The Balaban J connectivity index is 1.25. The van der Waals surface area contributed by atoms with Crippen molar-refractivity contribution in [3.05, 3.63) is 18.5 Å². The molecular formula is C21H36N4O2. The number of hydrogen-bond donors (Lipinski definition) is 1. The molecule has 152 valence electrons. The number of aromatic nitrogens is 2. The molecule has 6 nitrogen and oxygen atoms in total. The maximum atomic E-state index is 10.2. The van der Waals surface area contributed by atoms with Crippen LogP contribution in [-0.4, -0.2) is 83.3 Å². The molecule has 1 aromatic heterocycles. The quantitative estimate of drug-likeness (QED) is 0.821. The maximum Gasteiger partial charge on any atom is 0.0489 e. The Morgan fingerprint density at radius 1 is 1.07 bits per heavy atom. The third kappa shape index (κ3) is 4.56. The summed E-state index contributed by atoms with van der Waals surface area (Å²) in [5, 5.41) is 14.5. The normalized spacial score (nSPS) is 28.0. The first kappa shape index (κ1) is 19.4. The van der Waals surface area contributed by atoms with Crippen LogP contribution in [0.3, 0.4) is 0 Å². The van der Waals surface area contributed by atoms with Gasteiger partial charge in [-0.05, 0) is 76.2 Å². The average molecular weight is 377 g/mol. The second kappa shape index (κ2) is 9.03. The summed E-state index contributed by atoms with van der Waals surface area (Å²) in [4.78, 5) is 5.28. The van der Waals surface area contributed by atoms with Crippen molar-refractivity contribution in [1.82, 2.24) is 19.6 Å². The van der Waals surface area contributed by atoms with Crippen molar-refractivity contribution < 1.29 is 9.84 Å². The van der Waals surface area contributed by atoms with Gasteiger partial charge in [-0.1, -0.05) is 0 Å². The highest BCUT2D eigenvalue weighted by atomic mass is 16.5. The van der Waals surface area contributed by atoms with Gasteiger partial charge in [0.05, 0.1) is 0 Å². The number of aryl methyl sites for hydroxylation is 1. The van der Waals surface area contributed by atoms with Crippen LogP contribution >= 0.6 is 0 Å². The Bertz CT molecular complexity index is 551. The minimum Gasteiger partial charge on any atom is -0.396 e. The van der Waals surface area contributed by atoms with Crippen molar-refractivity contribution in [2.24, 2.45) is 11.3 Å². The van der Waals surface area contributed by atoms with Crippen molar-refractivity contribution in [2.75, 3.05) is 52.5 Å². The molecule has 0 radical (unpaired) electrons. The summed E-state index contributed by atoms with van der Waals surface area (Å²) in [6, 6.07) is 2.67. The number of nitrogens with zero attached hydrogens (tertiary/aromatic N) is 4. The molecule has 27 heavy (non-hydrogen) atoms. The highest BCUT2D eigenvalue weighted by molar-refractivity contribution is 4.97. The summed E-state index contributed by atoms with van der Waals surface area (Å²) < 4.78 is 7.56. The molecule has 0 aromatic carbocycles. The molecule has 0 saturated carbocycles. The number of ether oxygens (including phenoxy) is 1. The van der Waals surface area contributed by atoms with Gasteiger partial charge in [0.15, 0.2) is 0 Å². The van der Waals surface area contributed by atoms with Gasteiger partial charge in [-0.3, -0.25) is 9.58 Å². The monoisotopic (exact) mass is 376 g/mol. The first-order valence-corrected chi connectivity index (χ1v) is 10.9. The molecule has 3 aliphatic rings. The molecule has 4 heterocycles. The van der Waals surface area contributed by atoms with Crippen LogP contribution < -0.4 is 0 Å². The standard InChI is InChI=1S/C21H36N4O2/c26-18-19-17-24(20-3-15-27-16-4-20)14-7-21(19)5-12-23(13-6-21)9-2-11-25-10-1-8-22-25/h1,8,10,19-20,26H,2-7,9,11-18H2/t19-/m0/s1. The second-order valence-electron chi connectivity index (χ2n) is 8.79. The van der Waals surface area contributed by atoms with Crippen molar-refractivity contribution in [3.63, 3.8) is 0 Å². The Morgan fingerprint density at radius 3 is 2.56 bits per heavy atom. The van der Waals surface area contributed by atoms with E-state index in [4.69, 9.17) is 4.74 Å². The van der Waals surface area contributed by atoms with Crippen molar-refractivity contribution in [3.8, 4) is 0 Å². The van der Waals surface area contributed by atoms with Gasteiger partial charge in [-0.15, -0.1) is 0 Å². The molecule has 0 aliphatic carbocycles. The summed E-state index contributed by atoms with van der Waals surface area (Å²) in [7, 11) is 0. The Kier molecular flexibility index (Phi) is 6.48. The summed E-state index contributed by atoms with van der Waals surface area (Å²) in [6.07, 6.45) is 11.1. The van der Waals surface area contributed by atoms with E-state index in [0.29, 0.717) is 24.0 Å². The van der Waals surface area contributed by atoms with Crippen LogP contribution in [0.2, 0.25) is 0 Å². The smallest absolute Gasteiger partial charge is 0.0489 e. The zero-order valence-corrected chi connectivity index (χ0v) is 16.6. The van der Waals surface area contributed by atoms with Gasteiger partial charge in [-0.2, -0.15) is 5.10 Å². The van der Waals surface area contributed by atoms with E-state index >= 15 is 0 Å². The number of hydrogen-bond acceptors (Lipinski definition) is 5. The molecule has 3 aliphatic heterocycles. The van der Waals surface area contributed by atoms with Crippen molar-refractivity contribution in [2.45, 2.75) is 51.1 Å². The van der Waals surface area contributed by atoms with E-state index in [1.54, 1.807) is 0 Å². The van der Waals surface area contributed by atoms with E-state index in [9.17, 15) is 5.11 Å². The molecule has 0 bridgehead atoms. The van der Waals surface area contributed by atoms with Crippen molar-refractivity contribution in [1.29, 1.82) is 0 Å². The van der Waals surface area contributed by atoms with Crippen LogP contribution in [0.5, 0.6) is 0 Å². The number of aliphatic hydroxyl groups excluding tert-OH is 1. The lowest BCUT2D eigenvalue weighted by Crippen LogP contribution is -2.56. The van der Waals surface area contributed by atoms with E-state index in [1.165, 1.54) is 38.9 Å². The summed E-state index contributed by atoms with van der Waals surface area (Å²) in [5.41, 5.74) is 0.370. The third-order valence-electron chi connectivity index (χ3n) is 7.42. The highest BCUT2D eigenvalue weighted by Gasteiger charge is 2.45. The van der Waals surface area contributed by atoms with E-state index in [-0.39, 0.29) is 0 Å². The van der Waals surface area contributed by atoms with Gasteiger partial charge in [0.25, 0.3) is 0 Å². The molecule has 1 atom stereocenters. The van der Waals surface area contributed by atoms with E-state index in [1.807, 2.05) is 23.1 Å². The molecule has 0 unspecified atom stereocenters. The fraction of sp³-hybridized carbons (Fsp3) is 0.857. The zero-order valence-electron chi connectivity index (χ0n) is 16.6. The minimum atomic E-state index is 0.346. The van der Waals surface area contributed by atoms with Crippen LogP contribution in [0.4, 0.5) is 0 Å². The second-order valence-corrected chi connectivity index (χ2v) is 8.79. The first-order chi connectivity index (χ1) is 13.3. The fourth-order valence-corrected chi connectivity index (χ4v) is 5.54. The zero-order chi connectivity index (χ0) is 18.5. The number of likely N-dealkylation sites (tertiary alicyclic amines) is 2. The summed E-state index contributed by atoms with van der Waals surface area (Å²) in [6.45, 7) is 8.99. The topological polar surface area (TPSA) is 53.8 Å². The lowest BCUT2D eigenvalue weighted by atomic mass is 9.64. The Morgan fingerprint density at radius 2 is 1.85 bits per heavy atom. The lowest BCUT2D eigenvalue weighted by molar-refractivity contribution is -0.0663. The lowest BCUT2D eigenvalue weighted by Gasteiger charge is -2.53. The van der Waals surface area contributed by atoms with E-state index < -0.39 is 0 Å². The van der Waals surface area contributed by atoms with E-state index in [2.05, 4.69) is 14.9 Å². The van der Waals surface area contributed by atoms with E-state index in [0.717, 1.165) is 52.1 Å². The number of aliphatic hydroxyl groups is 1. The fourth-order valence-electron chi connectivity index (χ4n) is 5.54. The van der Waals surface area contributed by atoms with Gasteiger partial charge in [-0.25, -0.2) is 0 Å². The van der Waals surface area contributed by atoms with Crippen LogP contribution in [0.15, 0.2) is 18.5 Å². The predicted octanol–water partition coefficient (Wildman–Crippen LogP) is 1.85. The van der Waals surface area contributed by atoms with Crippen LogP contribution in [0.1, 0.15) is 38.5 Å². The molecule has 4 rings (SSSR count). The molecule has 6 heteroatoms. The van der Waals surface area contributed by atoms with Crippen LogP contribution in [0, 0.1) is 11.3 Å². The molecular weight excluding hydrogens is 340 g/mol. The Labute approximate surface area is 163 Å². The highest BCUT2D eigenvalue weighted by Crippen LogP contribution is 2.45. The first-order valence-electron chi connectivity index (χ1n) is 10.9. The molecule has 1 N–H and O–H groups in total. The molecule has 0 amide bonds.